The van der Waals surface area contributed by atoms with E-state index in [2.05, 4.69) is 20.3 Å². The number of hydrogen-bond donors (Lipinski definition) is 3. The maximum absolute atomic E-state index is 13.9. The number of nitrogens with two attached hydrogens (primary N) is 2. The number of thiazole rings is 1. The minimum absolute atomic E-state index is 0.0237. The first-order valence-electron chi connectivity index (χ1n) is 22.1. The molecule has 4 aromatic heterocycles. The fraction of sp³-hybridized carbons (Fsp3) is 0.413. The summed E-state index contributed by atoms with van der Waals surface area (Å²) >= 11 is 2.74. The molecule has 66 heavy (non-hydrogen) atoms. The molecule has 1 saturated heterocycles. The van der Waals surface area contributed by atoms with Crippen LogP contribution in [-0.4, -0.2) is 119 Å². The Kier molecular flexibility index (Phi) is 15.0. The third-order valence-corrected chi connectivity index (χ3v) is 13.3. The number of amides is 4. The third kappa shape index (κ3) is 10.3. The number of ketones is 1. The number of anilines is 1. The summed E-state index contributed by atoms with van der Waals surface area (Å²) in [6.07, 6.45) is 7.47. The highest BCUT2D eigenvalue weighted by Crippen LogP contribution is 2.33. The van der Waals surface area contributed by atoms with Crippen LogP contribution in [0.25, 0.3) is 22.1 Å². The monoisotopic (exact) mass is 936 g/mol. The third-order valence-electron chi connectivity index (χ3n) is 11.5. The van der Waals surface area contributed by atoms with Crippen molar-refractivity contribution in [2.24, 2.45) is 11.5 Å². The molecule has 0 radical (unpaired) electrons. The second-order valence-corrected chi connectivity index (χ2v) is 18.0. The van der Waals surface area contributed by atoms with Gasteiger partial charge in [0.15, 0.2) is 5.78 Å². The summed E-state index contributed by atoms with van der Waals surface area (Å²) in [6, 6.07) is 8.34. The number of aromatic nitrogens is 7. The van der Waals surface area contributed by atoms with E-state index in [1.807, 2.05) is 67.1 Å². The molecule has 1 aliphatic rings. The van der Waals surface area contributed by atoms with Crippen molar-refractivity contribution < 1.29 is 28.7 Å². The lowest BCUT2D eigenvalue weighted by Gasteiger charge is -2.34. The Hall–Kier alpha value is -6.38. The zero-order chi connectivity index (χ0) is 47.2. The standard InChI is InChI=1S/C46H56N12O6S2/c1-7-31-42(66-28(5)49-31)45(63)52-46-51-32-22-29(43(47)61)24-36(64-20-12-13-54-16-18-55(19-17-54)39(60)8-2)40(32)57(46)15-11-10-14-56-38(26-35(59)34-21-27(4)53-58(34)9-3)50-33-23-30(44(48)62)25-37(65-6)41(33)56/h10-11,21-25H,7-9,12-20,26H2,1-6H3,(H2,47,61)(H2,48,62)(H,51,52,63)/b11-10+. The van der Waals surface area contributed by atoms with E-state index in [-0.39, 0.29) is 42.1 Å². The van der Waals surface area contributed by atoms with E-state index in [9.17, 15) is 24.0 Å². The molecular formula is C46H56N12O6S2. The Morgan fingerprint density at radius 1 is 0.864 bits per heavy atom. The Balaban J connectivity index is 1.22. The lowest BCUT2D eigenvalue weighted by atomic mass is 10.1. The van der Waals surface area contributed by atoms with Gasteiger partial charge in [-0.2, -0.15) is 5.10 Å². The van der Waals surface area contributed by atoms with E-state index in [4.69, 9.17) is 26.2 Å². The number of ether oxygens (including phenoxy) is 1. The number of thioether (sulfide) groups is 1. The van der Waals surface area contributed by atoms with E-state index in [1.165, 1.54) is 23.1 Å². The van der Waals surface area contributed by atoms with Crippen LogP contribution in [0, 0.1) is 13.8 Å². The fourth-order valence-electron chi connectivity index (χ4n) is 8.23. The molecule has 0 aliphatic carbocycles. The number of carbonyl (C=O) groups excluding carboxylic acids is 5. The second kappa shape index (κ2) is 20.8. The second-order valence-electron chi connectivity index (χ2n) is 16.0. The Morgan fingerprint density at radius 2 is 1.55 bits per heavy atom. The van der Waals surface area contributed by atoms with Gasteiger partial charge < -0.3 is 30.2 Å². The maximum Gasteiger partial charge on any atom is 0.269 e. The van der Waals surface area contributed by atoms with Gasteiger partial charge in [-0.3, -0.25) is 38.9 Å². The van der Waals surface area contributed by atoms with Crippen LogP contribution in [0.4, 0.5) is 5.95 Å². The molecule has 4 amide bonds. The largest absolute Gasteiger partial charge is 0.491 e. The van der Waals surface area contributed by atoms with E-state index in [0.29, 0.717) is 102 Å². The normalized spacial score (nSPS) is 13.3. The first-order chi connectivity index (χ1) is 31.7. The van der Waals surface area contributed by atoms with E-state index in [0.717, 1.165) is 40.7 Å². The van der Waals surface area contributed by atoms with E-state index < -0.39 is 11.8 Å². The zero-order valence-electron chi connectivity index (χ0n) is 38.2. The Bertz CT molecular complexity index is 2850. The van der Waals surface area contributed by atoms with Crippen molar-refractivity contribution in [3.8, 4) is 5.75 Å². The number of benzene rings is 2. The number of carbonyl (C=O) groups is 5. The molecule has 18 nitrogen and oxygen atoms in total. The first-order valence-corrected chi connectivity index (χ1v) is 24.1. The molecule has 0 unspecified atom stereocenters. The number of piperazine rings is 1. The first kappa shape index (κ1) is 47.6. The molecule has 1 aliphatic heterocycles. The van der Waals surface area contributed by atoms with Crippen molar-refractivity contribution in [3.05, 3.63) is 86.4 Å². The molecule has 348 valence electrons. The zero-order valence-corrected chi connectivity index (χ0v) is 39.8. The van der Waals surface area contributed by atoms with Gasteiger partial charge in [-0.1, -0.05) is 26.0 Å². The van der Waals surface area contributed by atoms with Gasteiger partial charge >= 0.3 is 0 Å². The minimum atomic E-state index is -0.655. The molecule has 0 atom stereocenters. The van der Waals surface area contributed by atoms with Gasteiger partial charge in [-0.05, 0) is 70.2 Å². The van der Waals surface area contributed by atoms with Gasteiger partial charge in [-0.15, -0.1) is 23.1 Å². The number of primary amides is 2. The average Bonchev–Trinajstić information content (AvgIpc) is 4.07. The lowest BCUT2D eigenvalue weighted by molar-refractivity contribution is -0.132. The van der Waals surface area contributed by atoms with Crippen LogP contribution in [-0.2, 0) is 37.3 Å². The summed E-state index contributed by atoms with van der Waals surface area (Å²) in [4.78, 5) is 84.7. The quantitative estimate of drug-likeness (QED) is 0.0377. The van der Waals surface area contributed by atoms with Gasteiger partial charge in [-0.25, -0.2) is 15.0 Å². The van der Waals surface area contributed by atoms with Crippen molar-refractivity contribution >= 4 is 80.5 Å². The van der Waals surface area contributed by atoms with Crippen LogP contribution in [0.2, 0.25) is 0 Å². The SMILES string of the molecule is CCC(=O)N1CCN(CCCOc2cc(C(N)=O)cc3nc(NC(=O)c4sc(C)nc4CC)n(C/C=C/Cn4c(CC(=O)c5cc(C)nn5CC)nc5cc(C(N)=O)cc(SC)c54)c23)CC1. The van der Waals surface area contributed by atoms with Crippen LogP contribution in [0.1, 0.15) is 96.7 Å². The summed E-state index contributed by atoms with van der Waals surface area (Å²) in [5.41, 5.74) is 16.2. The van der Waals surface area contributed by atoms with Crippen molar-refractivity contribution in [3.63, 3.8) is 0 Å². The number of nitrogens with zero attached hydrogens (tertiary/aromatic N) is 9. The predicted molar refractivity (Wildman–Crippen MR) is 256 cm³/mol. The highest BCUT2D eigenvalue weighted by molar-refractivity contribution is 7.98. The highest BCUT2D eigenvalue weighted by atomic mass is 32.2. The Morgan fingerprint density at radius 3 is 2.20 bits per heavy atom. The van der Waals surface area contributed by atoms with Crippen molar-refractivity contribution in [2.75, 3.05) is 50.9 Å². The number of imidazole rings is 2. The highest BCUT2D eigenvalue weighted by Gasteiger charge is 2.25. The summed E-state index contributed by atoms with van der Waals surface area (Å²) < 4.78 is 11.9. The van der Waals surface area contributed by atoms with E-state index >= 15 is 0 Å². The minimum Gasteiger partial charge on any atom is -0.491 e. The molecule has 5 heterocycles. The van der Waals surface area contributed by atoms with Gasteiger partial charge in [0.1, 0.15) is 27.7 Å². The van der Waals surface area contributed by atoms with Crippen molar-refractivity contribution in [1.29, 1.82) is 0 Å². The number of hydrogen-bond acceptors (Lipinski definition) is 13. The van der Waals surface area contributed by atoms with Gasteiger partial charge in [0.05, 0.1) is 46.0 Å². The molecule has 6 aromatic rings. The molecule has 5 N–H and O–H groups in total. The summed E-state index contributed by atoms with van der Waals surface area (Å²) in [6.45, 7) is 14.5. The fourth-order valence-corrected chi connectivity index (χ4v) is 9.78. The topological polar surface area (TPSA) is 231 Å². The van der Waals surface area contributed by atoms with Crippen LogP contribution in [0.15, 0.2) is 47.4 Å². The number of rotatable bonds is 20. The summed E-state index contributed by atoms with van der Waals surface area (Å²) in [7, 11) is 0. The van der Waals surface area contributed by atoms with Crippen LogP contribution in [0.5, 0.6) is 5.75 Å². The smallest absolute Gasteiger partial charge is 0.269 e. The molecule has 2 aromatic carbocycles. The number of Topliss-reactive ketones (excluding diaryl/α,β-unsaturated/α-hetero) is 1. The van der Waals surface area contributed by atoms with Crippen LogP contribution >= 0.6 is 23.1 Å². The summed E-state index contributed by atoms with van der Waals surface area (Å²) in [5, 5.41) is 8.24. The van der Waals surface area contributed by atoms with Crippen molar-refractivity contribution in [2.45, 2.75) is 84.8 Å². The molecule has 0 bridgehead atoms. The number of fused-ring (bicyclic) bond motifs is 2. The van der Waals surface area contributed by atoms with Gasteiger partial charge in [0, 0.05) is 74.8 Å². The number of aryl methyl sites for hydroxylation is 4. The van der Waals surface area contributed by atoms with E-state index in [1.54, 1.807) is 35.0 Å². The Labute approximate surface area is 390 Å². The number of nitrogens with one attached hydrogen (secondary N) is 1. The van der Waals surface area contributed by atoms with Crippen molar-refractivity contribution in [1.82, 2.24) is 43.7 Å². The molecule has 20 heteroatoms. The molecule has 7 rings (SSSR count). The number of allylic oxidation sites excluding steroid dienone is 2. The average molecular weight is 937 g/mol. The summed E-state index contributed by atoms with van der Waals surface area (Å²) in [5.74, 6) is -0.495. The van der Waals surface area contributed by atoms with Crippen LogP contribution < -0.4 is 21.5 Å². The van der Waals surface area contributed by atoms with Crippen LogP contribution in [0.3, 0.4) is 0 Å². The van der Waals surface area contributed by atoms with Gasteiger partial charge in [0.2, 0.25) is 23.7 Å². The maximum atomic E-state index is 13.9. The molecule has 0 spiro atoms. The molecule has 0 saturated carbocycles. The predicted octanol–water partition coefficient (Wildman–Crippen LogP) is 5.42. The molecular weight excluding hydrogens is 881 g/mol. The van der Waals surface area contributed by atoms with Gasteiger partial charge in [0.25, 0.3) is 5.91 Å². The molecule has 1 fully saturated rings. The lowest BCUT2D eigenvalue weighted by Crippen LogP contribution is -2.48.